The van der Waals surface area contributed by atoms with Crippen molar-refractivity contribution in [3.8, 4) is 0 Å². The highest BCUT2D eigenvalue weighted by Crippen LogP contribution is 2.07. The standard InChI is InChI=1S/C26H44O7/c1-2-3-4-5-6-10-13-26(27)33-23-22-31-19-18-29-15-14-28-16-17-30-20-21-32-24-25-11-8-7-9-12-25/h7-9,11-12H,2-6,10,13-24H2,1H3. The molecule has 0 fully saturated rings. The summed E-state index contributed by atoms with van der Waals surface area (Å²) in [6.45, 7) is 7.68. The molecule has 0 aliphatic rings. The highest BCUT2D eigenvalue weighted by molar-refractivity contribution is 5.69. The minimum Gasteiger partial charge on any atom is -0.463 e. The average Bonchev–Trinajstić information content (AvgIpc) is 2.84. The van der Waals surface area contributed by atoms with Gasteiger partial charge in [0.05, 0.1) is 66.1 Å². The van der Waals surface area contributed by atoms with E-state index in [1.807, 2.05) is 30.3 Å². The van der Waals surface area contributed by atoms with Gasteiger partial charge in [-0.2, -0.15) is 0 Å². The van der Waals surface area contributed by atoms with Crippen molar-refractivity contribution in [3.63, 3.8) is 0 Å². The van der Waals surface area contributed by atoms with Crippen molar-refractivity contribution in [2.75, 3.05) is 66.1 Å². The fourth-order valence-electron chi connectivity index (χ4n) is 2.98. The molecule has 7 nitrogen and oxygen atoms in total. The summed E-state index contributed by atoms with van der Waals surface area (Å²) in [6, 6.07) is 10.1. The summed E-state index contributed by atoms with van der Waals surface area (Å²) in [4.78, 5) is 11.6. The van der Waals surface area contributed by atoms with Crippen molar-refractivity contribution in [2.24, 2.45) is 0 Å². The van der Waals surface area contributed by atoms with Gasteiger partial charge < -0.3 is 28.4 Å². The molecule has 0 aliphatic carbocycles. The van der Waals surface area contributed by atoms with Crippen molar-refractivity contribution < 1.29 is 33.2 Å². The van der Waals surface area contributed by atoms with Gasteiger partial charge in [0.1, 0.15) is 6.61 Å². The van der Waals surface area contributed by atoms with Crippen LogP contribution in [0.25, 0.3) is 0 Å². The molecule has 0 saturated carbocycles. The fraction of sp³-hybridized carbons (Fsp3) is 0.731. The topological polar surface area (TPSA) is 72.5 Å². The molecule has 0 aliphatic heterocycles. The molecular weight excluding hydrogens is 424 g/mol. The first-order valence-corrected chi connectivity index (χ1v) is 12.4. The maximum Gasteiger partial charge on any atom is 0.305 e. The zero-order valence-electron chi connectivity index (χ0n) is 20.5. The predicted molar refractivity (Wildman–Crippen MR) is 128 cm³/mol. The summed E-state index contributed by atoms with van der Waals surface area (Å²) in [5.74, 6) is -0.133. The van der Waals surface area contributed by atoms with Gasteiger partial charge in [0.25, 0.3) is 0 Å². The Bertz CT molecular complexity index is 539. The van der Waals surface area contributed by atoms with E-state index in [4.69, 9.17) is 28.4 Å². The van der Waals surface area contributed by atoms with Crippen molar-refractivity contribution in [2.45, 2.75) is 58.5 Å². The second-order valence-electron chi connectivity index (χ2n) is 7.73. The quantitative estimate of drug-likeness (QED) is 0.163. The lowest BCUT2D eigenvalue weighted by Crippen LogP contribution is -2.15. The van der Waals surface area contributed by atoms with Gasteiger partial charge in [-0.1, -0.05) is 69.4 Å². The minimum absolute atomic E-state index is 0.133. The molecule has 0 N–H and O–H groups in total. The van der Waals surface area contributed by atoms with Crippen LogP contribution in [0.15, 0.2) is 30.3 Å². The first-order chi connectivity index (χ1) is 16.3. The zero-order valence-corrected chi connectivity index (χ0v) is 20.5. The van der Waals surface area contributed by atoms with Crippen LogP contribution >= 0.6 is 0 Å². The van der Waals surface area contributed by atoms with Gasteiger partial charge in [0, 0.05) is 6.42 Å². The van der Waals surface area contributed by atoms with E-state index in [1.165, 1.54) is 25.7 Å². The highest BCUT2D eigenvalue weighted by Gasteiger charge is 2.02. The van der Waals surface area contributed by atoms with Gasteiger partial charge in [0.2, 0.25) is 0 Å². The van der Waals surface area contributed by atoms with Crippen LogP contribution < -0.4 is 0 Å². The highest BCUT2D eigenvalue weighted by atomic mass is 16.6. The van der Waals surface area contributed by atoms with Gasteiger partial charge >= 0.3 is 5.97 Å². The normalized spacial score (nSPS) is 11.1. The van der Waals surface area contributed by atoms with E-state index in [0.29, 0.717) is 79.1 Å². The Morgan fingerprint density at radius 2 is 1.09 bits per heavy atom. The molecule has 1 rings (SSSR count). The maximum atomic E-state index is 11.6. The van der Waals surface area contributed by atoms with Crippen molar-refractivity contribution >= 4 is 5.97 Å². The molecule has 0 amide bonds. The Balaban J connectivity index is 1.70. The molecule has 0 unspecified atom stereocenters. The molecular formula is C26H44O7. The molecule has 1 aromatic rings. The number of carbonyl (C=O) groups excluding carboxylic acids is 1. The largest absolute Gasteiger partial charge is 0.463 e. The van der Waals surface area contributed by atoms with Crippen LogP contribution in [-0.4, -0.2) is 72.0 Å². The Morgan fingerprint density at radius 1 is 0.606 bits per heavy atom. The number of esters is 1. The van der Waals surface area contributed by atoms with Crippen molar-refractivity contribution in [1.29, 1.82) is 0 Å². The van der Waals surface area contributed by atoms with Crippen LogP contribution in [0.3, 0.4) is 0 Å². The summed E-state index contributed by atoms with van der Waals surface area (Å²) in [5.41, 5.74) is 1.16. The molecule has 0 radical (unpaired) electrons. The Kier molecular flexibility index (Phi) is 21.1. The lowest BCUT2D eigenvalue weighted by molar-refractivity contribution is -0.145. The second-order valence-corrected chi connectivity index (χ2v) is 7.73. The lowest BCUT2D eigenvalue weighted by atomic mass is 10.1. The van der Waals surface area contributed by atoms with Crippen LogP contribution in [0, 0.1) is 0 Å². The SMILES string of the molecule is CCCCCCCCC(=O)OCCOCCOCCOCCOCCOCc1ccccc1. The van der Waals surface area contributed by atoms with E-state index in [9.17, 15) is 4.79 Å². The molecule has 33 heavy (non-hydrogen) atoms. The monoisotopic (exact) mass is 468 g/mol. The number of ether oxygens (including phenoxy) is 6. The molecule has 7 heteroatoms. The predicted octanol–water partition coefficient (Wildman–Crippen LogP) is 4.56. The number of benzene rings is 1. The van der Waals surface area contributed by atoms with Crippen LogP contribution in [0.2, 0.25) is 0 Å². The van der Waals surface area contributed by atoms with Gasteiger partial charge in [-0.25, -0.2) is 0 Å². The third-order valence-electron chi connectivity index (χ3n) is 4.82. The summed E-state index contributed by atoms with van der Waals surface area (Å²) >= 11 is 0. The van der Waals surface area contributed by atoms with E-state index in [1.54, 1.807) is 0 Å². The van der Waals surface area contributed by atoms with E-state index in [0.717, 1.165) is 18.4 Å². The molecule has 0 atom stereocenters. The summed E-state index contributed by atoms with van der Waals surface area (Å²) in [6.07, 6.45) is 7.49. The Morgan fingerprint density at radius 3 is 1.67 bits per heavy atom. The molecule has 190 valence electrons. The summed E-state index contributed by atoms with van der Waals surface area (Å²) in [5, 5.41) is 0. The zero-order chi connectivity index (χ0) is 23.7. The number of hydrogen-bond donors (Lipinski definition) is 0. The molecule has 0 saturated heterocycles. The van der Waals surface area contributed by atoms with Crippen LogP contribution in [0.1, 0.15) is 57.4 Å². The Hall–Kier alpha value is -1.51. The third-order valence-corrected chi connectivity index (χ3v) is 4.82. The maximum absolute atomic E-state index is 11.6. The van der Waals surface area contributed by atoms with Crippen molar-refractivity contribution in [3.05, 3.63) is 35.9 Å². The van der Waals surface area contributed by atoms with Crippen LogP contribution in [0.5, 0.6) is 0 Å². The summed E-state index contributed by atoms with van der Waals surface area (Å²) < 4.78 is 32.5. The number of hydrogen-bond acceptors (Lipinski definition) is 7. The first kappa shape index (κ1) is 29.5. The van der Waals surface area contributed by atoms with Gasteiger partial charge in [-0.15, -0.1) is 0 Å². The smallest absolute Gasteiger partial charge is 0.305 e. The van der Waals surface area contributed by atoms with Crippen LogP contribution in [-0.2, 0) is 39.8 Å². The number of carbonyl (C=O) groups is 1. The molecule has 0 aromatic heterocycles. The fourth-order valence-corrected chi connectivity index (χ4v) is 2.98. The van der Waals surface area contributed by atoms with E-state index >= 15 is 0 Å². The molecule has 0 spiro atoms. The summed E-state index contributed by atoms with van der Waals surface area (Å²) in [7, 11) is 0. The lowest BCUT2D eigenvalue weighted by Gasteiger charge is -2.08. The minimum atomic E-state index is -0.133. The van der Waals surface area contributed by atoms with Crippen molar-refractivity contribution in [1.82, 2.24) is 0 Å². The van der Waals surface area contributed by atoms with Gasteiger partial charge in [-0.3, -0.25) is 4.79 Å². The third kappa shape index (κ3) is 20.8. The van der Waals surface area contributed by atoms with E-state index < -0.39 is 0 Å². The van der Waals surface area contributed by atoms with E-state index in [2.05, 4.69) is 6.92 Å². The first-order valence-electron chi connectivity index (χ1n) is 12.4. The second kappa shape index (κ2) is 23.6. The average molecular weight is 469 g/mol. The van der Waals surface area contributed by atoms with Crippen LogP contribution in [0.4, 0.5) is 0 Å². The number of rotatable bonds is 24. The van der Waals surface area contributed by atoms with E-state index in [-0.39, 0.29) is 5.97 Å². The number of unbranched alkanes of at least 4 members (excludes halogenated alkanes) is 5. The molecule has 0 heterocycles. The Labute approximate surface area is 200 Å². The molecule has 1 aromatic carbocycles. The van der Waals surface area contributed by atoms with Gasteiger partial charge in [-0.05, 0) is 12.0 Å². The van der Waals surface area contributed by atoms with Gasteiger partial charge in [0.15, 0.2) is 0 Å². The molecule has 0 bridgehead atoms.